The van der Waals surface area contributed by atoms with Gasteiger partial charge in [-0.2, -0.15) is 0 Å². The minimum absolute atomic E-state index is 0.0284. The number of hydrogen-bond acceptors (Lipinski definition) is 3. The molecule has 0 heterocycles. The summed E-state index contributed by atoms with van der Waals surface area (Å²) in [6.07, 6.45) is -1.33. The lowest BCUT2D eigenvalue weighted by Crippen LogP contribution is -2.55. The van der Waals surface area contributed by atoms with E-state index in [0.29, 0.717) is 0 Å². The molecule has 0 aromatic rings. The van der Waals surface area contributed by atoms with Gasteiger partial charge in [0.15, 0.2) is 0 Å². The van der Waals surface area contributed by atoms with Gasteiger partial charge in [-0.1, -0.05) is 6.92 Å². The molecule has 4 unspecified atom stereocenters. The van der Waals surface area contributed by atoms with Gasteiger partial charge in [-0.05, 0) is 5.92 Å². The molecule has 1 fully saturated rings. The Labute approximate surface area is 53.9 Å². The van der Waals surface area contributed by atoms with Crippen LogP contribution in [0.1, 0.15) is 6.92 Å². The standard InChI is InChI=1S/C6H12O3/c1-3-4(2-7)6(9)5(3)8/h3-9H,2H2,1H3. The van der Waals surface area contributed by atoms with Crippen LogP contribution in [-0.4, -0.2) is 34.1 Å². The van der Waals surface area contributed by atoms with Crippen molar-refractivity contribution in [2.75, 3.05) is 6.61 Å². The molecular formula is C6H12O3. The van der Waals surface area contributed by atoms with E-state index < -0.39 is 12.2 Å². The van der Waals surface area contributed by atoms with Crippen LogP contribution in [0.2, 0.25) is 0 Å². The fraction of sp³-hybridized carbons (Fsp3) is 1.00. The number of rotatable bonds is 1. The van der Waals surface area contributed by atoms with E-state index in [2.05, 4.69) is 0 Å². The average Bonchev–Trinajstić information content (AvgIpc) is 1.89. The van der Waals surface area contributed by atoms with Crippen LogP contribution >= 0.6 is 0 Å². The van der Waals surface area contributed by atoms with E-state index in [9.17, 15) is 0 Å². The zero-order valence-corrected chi connectivity index (χ0v) is 5.36. The third kappa shape index (κ3) is 0.852. The van der Waals surface area contributed by atoms with Crippen LogP contribution in [0.3, 0.4) is 0 Å². The van der Waals surface area contributed by atoms with Gasteiger partial charge in [0.05, 0.1) is 12.2 Å². The van der Waals surface area contributed by atoms with Gasteiger partial charge in [-0.15, -0.1) is 0 Å². The first kappa shape index (κ1) is 6.99. The molecule has 0 amide bonds. The van der Waals surface area contributed by atoms with Crippen molar-refractivity contribution in [3.63, 3.8) is 0 Å². The molecule has 3 N–H and O–H groups in total. The first-order valence-electron chi connectivity index (χ1n) is 3.15. The van der Waals surface area contributed by atoms with Crippen LogP contribution in [-0.2, 0) is 0 Å². The lowest BCUT2D eigenvalue weighted by atomic mass is 9.70. The summed E-state index contributed by atoms with van der Waals surface area (Å²) in [7, 11) is 0. The topological polar surface area (TPSA) is 60.7 Å². The quantitative estimate of drug-likeness (QED) is 0.427. The normalized spacial score (nSPS) is 50.7. The zero-order chi connectivity index (χ0) is 7.02. The minimum Gasteiger partial charge on any atom is -0.396 e. The van der Waals surface area contributed by atoms with Crippen molar-refractivity contribution in [1.29, 1.82) is 0 Å². The Morgan fingerprint density at radius 2 is 1.78 bits per heavy atom. The Hall–Kier alpha value is -0.120. The van der Waals surface area contributed by atoms with Crippen molar-refractivity contribution < 1.29 is 15.3 Å². The number of aliphatic hydroxyl groups is 3. The second-order valence-corrected chi connectivity index (χ2v) is 2.69. The van der Waals surface area contributed by atoms with Crippen molar-refractivity contribution >= 4 is 0 Å². The Morgan fingerprint density at radius 3 is 2.00 bits per heavy atom. The summed E-state index contributed by atoms with van der Waals surface area (Å²) in [6, 6.07) is 0. The molecule has 0 spiro atoms. The van der Waals surface area contributed by atoms with E-state index in [1.165, 1.54) is 0 Å². The van der Waals surface area contributed by atoms with Crippen LogP contribution in [0.25, 0.3) is 0 Å². The van der Waals surface area contributed by atoms with E-state index >= 15 is 0 Å². The molecule has 0 saturated heterocycles. The molecule has 9 heavy (non-hydrogen) atoms. The monoisotopic (exact) mass is 132 g/mol. The fourth-order valence-electron chi connectivity index (χ4n) is 1.26. The van der Waals surface area contributed by atoms with E-state index in [4.69, 9.17) is 15.3 Å². The van der Waals surface area contributed by atoms with Gasteiger partial charge in [-0.25, -0.2) is 0 Å². The summed E-state index contributed by atoms with van der Waals surface area (Å²) in [5, 5.41) is 26.4. The summed E-state index contributed by atoms with van der Waals surface area (Å²) in [6.45, 7) is 1.79. The minimum atomic E-state index is -0.704. The van der Waals surface area contributed by atoms with Gasteiger partial charge in [0, 0.05) is 12.5 Å². The van der Waals surface area contributed by atoms with Gasteiger partial charge in [0.1, 0.15) is 0 Å². The molecule has 4 atom stereocenters. The van der Waals surface area contributed by atoms with E-state index in [1.54, 1.807) is 0 Å². The van der Waals surface area contributed by atoms with Crippen molar-refractivity contribution in [3.05, 3.63) is 0 Å². The molecule has 1 rings (SSSR count). The van der Waals surface area contributed by atoms with Crippen molar-refractivity contribution in [3.8, 4) is 0 Å². The van der Waals surface area contributed by atoms with E-state index in [1.807, 2.05) is 6.92 Å². The molecule has 3 nitrogen and oxygen atoms in total. The van der Waals surface area contributed by atoms with Crippen LogP contribution < -0.4 is 0 Å². The molecule has 0 aliphatic heterocycles. The number of aliphatic hydroxyl groups excluding tert-OH is 3. The van der Waals surface area contributed by atoms with Crippen molar-refractivity contribution in [2.45, 2.75) is 19.1 Å². The van der Waals surface area contributed by atoms with Crippen molar-refractivity contribution in [2.24, 2.45) is 11.8 Å². The molecule has 1 aliphatic carbocycles. The van der Waals surface area contributed by atoms with Gasteiger partial charge in [0.25, 0.3) is 0 Å². The van der Waals surface area contributed by atoms with Gasteiger partial charge >= 0.3 is 0 Å². The second kappa shape index (κ2) is 2.25. The highest BCUT2D eigenvalue weighted by molar-refractivity contribution is 4.94. The molecule has 54 valence electrons. The van der Waals surface area contributed by atoms with Gasteiger partial charge in [-0.3, -0.25) is 0 Å². The lowest BCUT2D eigenvalue weighted by Gasteiger charge is -2.43. The third-order valence-electron chi connectivity index (χ3n) is 2.21. The molecule has 1 aliphatic rings. The predicted octanol–water partition coefficient (Wildman–Crippen LogP) is -1.03. The van der Waals surface area contributed by atoms with Crippen LogP contribution in [0.15, 0.2) is 0 Å². The molecule has 3 heteroatoms. The van der Waals surface area contributed by atoms with E-state index in [-0.39, 0.29) is 18.4 Å². The van der Waals surface area contributed by atoms with Gasteiger partial charge < -0.3 is 15.3 Å². The fourth-order valence-corrected chi connectivity index (χ4v) is 1.26. The maximum absolute atomic E-state index is 8.94. The summed E-state index contributed by atoms with van der Waals surface area (Å²) in [5.41, 5.74) is 0. The Kier molecular flexibility index (Phi) is 1.75. The second-order valence-electron chi connectivity index (χ2n) is 2.69. The SMILES string of the molecule is CC1C(O)C(O)C1CO. The van der Waals surface area contributed by atoms with Crippen LogP contribution in [0, 0.1) is 11.8 Å². The van der Waals surface area contributed by atoms with Crippen LogP contribution in [0.5, 0.6) is 0 Å². The largest absolute Gasteiger partial charge is 0.396 e. The maximum Gasteiger partial charge on any atom is 0.0855 e. The van der Waals surface area contributed by atoms with E-state index in [0.717, 1.165) is 0 Å². The van der Waals surface area contributed by atoms with Gasteiger partial charge in [0.2, 0.25) is 0 Å². The Balaban J connectivity index is 2.41. The molecule has 1 saturated carbocycles. The Bertz CT molecular complexity index is 94.5. The maximum atomic E-state index is 8.94. The summed E-state index contributed by atoms with van der Waals surface area (Å²) < 4.78 is 0. The number of hydrogen-bond donors (Lipinski definition) is 3. The summed E-state index contributed by atoms with van der Waals surface area (Å²) in [5.74, 6) is -0.0648. The molecule has 0 aromatic carbocycles. The summed E-state index contributed by atoms with van der Waals surface area (Å²) in [4.78, 5) is 0. The lowest BCUT2D eigenvalue weighted by molar-refractivity contribution is -0.160. The first-order valence-corrected chi connectivity index (χ1v) is 3.15. The van der Waals surface area contributed by atoms with Crippen molar-refractivity contribution in [1.82, 2.24) is 0 Å². The first-order chi connectivity index (χ1) is 4.18. The molecule has 0 bridgehead atoms. The average molecular weight is 132 g/mol. The zero-order valence-electron chi connectivity index (χ0n) is 5.36. The highest BCUT2D eigenvalue weighted by Crippen LogP contribution is 2.33. The third-order valence-corrected chi connectivity index (χ3v) is 2.21. The predicted molar refractivity (Wildman–Crippen MR) is 31.8 cm³/mol. The molecular weight excluding hydrogens is 120 g/mol. The highest BCUT2D eigenvalue weighted by atomic mass is 16.3. The molecule has 0 radical (unpaired) electrons. The Morgan fingerprint density at radius 1 is 1.22 bits per heavy atom. The smallest absolute Gasteiger partial charge is 0.0855 e. The summed E-state index contributed by atoms with van der Waals surface area (Å²) >= 11 is 0. The van der Waals surface area contributed by atoms with Crippen LogP contribution in [0.4, 0.5) is 0 Å². The highest BCUT2D eigenvalue weighted by Gasteiger charge is 2.45. The molecule has 0 aromatic heterocycles.